The van der Waals surface area contributed by atoms with E-state index in [4.69, 9.17) is 0 Å². The first-order chi connectivity index (χ1) is 13.5. The third-order valence-electron chi connectivity index (χ3n) is 5.01. The molecule has 0 atom stereocenters. The molecule has 0 radical (unpaired) electrons. The van der Waals surface area contributed by atoms with E-state index in [1.54, 1.807) is 6.20 Å². The van der Waals surface area contributed by atoms with Crippen molar-refractivity contribution < 1.29 is 9.18 Å². The van der Waals surface area contributed by atoms with E-state index in [1.807, 2.05) is 11.0 Å². The first-order valence-electron chi connectivity index (χ1n) is 9.22. The third kappa shape index (κ3) is 5.49. The standard InChI is InChI=1S/C22H23FN4O.ClH/c1-16-4-3-5-21(17(16)2)27-12-10-26(11-13-27)15-18(14-24)22(28)25-20-8-6-19(23)7-9-20;/h3-9,15H,10-13H2,1-2H3,(H,25,28);1H/b18-15-;. The summed E-state index contributed by atoms with van der Waals surface area (Å²) in [5, 5.41) is 12.0. The molecule has 152 valence electrons. The van der Waals surface area contributed by atoms with Crippen LogP contribution in [-0.4, -0.2) is 37.0 Å². The monoisotopic (exact) mass is 414 g/mol. The van der Waals surface area contributed by atoms with Crippen LogP contribution >= 0.6 is 12.4 Å². The summed E-state index contributed by atoms with van der Waals surface area (Å²) >= 11 is 0. The van der Waals surface area contributed by atoms with Gasteiger partial charge in [0.25, 0.3) is 5.91 Å². The van der Waals surface area contributed by atoms with Crippen molar-refractivity contribution in [2.75, 3.05) is 36.4 Å². The highest BCUT2D eigenvalue weighted by Gasteiger charge is 2.19. The molecule has 1 amide bonds. The van der Waals surface area contributed by atoms with E-state index in [0.29, 0.717) is 5.69 Å². The first-order valence-corrected chi connectivity index (χ1v) is 9.22. The van der Waals surface area contributed by atoms with E-state index >= 15 is 0 Å². The average Bonchev–Trinajstić information content (AvgIpc) is 2.70. The normalized spacial score (nSPS) is 14.1. The van der Waals surface area contributed by atoms with Gasteiger partial charge in [0.05, 0.1) is 0 Å². The molecule has 2 aromatic rings. The lowest BCUT2D eigenvalue weighted by Gasteiger charge is -2.36. The molecule has 0 aliphatic carbocycles. The van der Waals surface area contributed by atoms with Crippen molar-refractivity contribution in [1.82, 2.24) is 4.90 Å². The summed E-state index contributed by atoms with van der Waals surface area (Å²) in [5.41, 5.74) is 4.27. The van der Waals surface area contributed by atoms with Gasteiger partial charge in [-0.15, -0.1) is 12.4 Å². The third-order valence-corrected chi connectivity index (χ3v) is 5.01. The maximum Gasteiger partial charge on any atom is 0.267 e. The highest BCUT2D eigenvalue weighted by atomic mass is 35.5. The summed E-state index contributed by atoms with van der Waals surface area (Å²) in [6.07, 6.45) is 1.61. The molecule has 1 N–H and O–H groups in total. The SMILES string of the molecule is Cc1cccc(N2CCN(/C=C(/C#N)C(=O)Nc3ccc(F)cc3)CC2)c1C.Cl. The molecule has 0 unspecified atom stereocenters. The lowest BCUT2D eigenvalue weighted by molar-refractivity contribution is -0.112. The van der Waals surface area contributed by atoms with Gasteiger partial charge < -0.3 is 15.1 Å². The zero-order valence-corrected chi connectivity index (χ0v) is 17.3. The summed E-state index contributed by atoms with van der Waals surface area (Å²) < 4.78 is 13.0. The molecule has 1 heterocycles. The van der Waals surface area contributed by atoms with Crippen LogP contribution in [0, 0.1) is 31.0 Å². The van der Waals surface area contributed by atoms with Crippen molar-refractivity contribution >= 4 is 29.7 Å². The van der Waals surface area contributed by atoms with Gasteiger partial charge in [-0.2, -0.15) is 5.26 Å². The van der Waals surface area contributed by atoms with E-state index in [2.05, 4.69) is 42.3 Å². The number of halogens is 2. The van der Waals surface area contributed by atoms with Crippen molar-refractivity contribution in [3.63, 3.8) is 0 Å². The number of nitriles is 1. The Balaban J connectivity index is 0.00000300. The van der Waals surface area contributed by atoms with Crippen LogP contribution in [0.25, 0.3) is 0 Å². The van der Waals surface area contributed by atoms with Gasteiger partial charge in [-0.25, -0.2) is 4.39 Å². The zero-order chi connectivity index (χ0) is 20.1. The Morgan fingerprint density at radius 2 is 1.76 bits per heavy atom. The number of rotatable bonds is 4. The zero-order valence-electron chi connectivity index (χ0n) is 16.5. The number of benzene rings is 2. The van der Waals surface area contributed by atoms with Gasteiger partial charge >= 0.3 is 0 Å². The molecule has 5 nitrogen and oxygen atoms in total. The number of anilines is 2. The number of nitrogens with zero attached hydrogens (tertiary/aromatic N) is 3. The highest BCUT2D eigenvalue weighted by molar-refractivity contribution is 6.06. The average molecular weight is 415 g/mol. The van der Waals surface area contributed by atoms with Crippen LogP contribution in [0.15, 0.2) is 54.2 Å². The molecule has 0 bridgehead atoms. The summed E-state index contributed by atoms with van der Waals surface area (Å²) in [6, 6.07) is 13.7. The molecule has 1 aliphatic heterocycles. The van der Waals surface area contributed by atoms with Crippen molar-refractivity contribution in [1.29, 1.82) is 5.26 Å². The Morgan fingerprint density at radius 1 is 1.10 bits per heavy atom. The number of carbonyl (C=O) groups is 1. The Hall–Kier alpha value is -3.04. The van der Waals surface area contributed by atoms with E-state index in [1.165, 1.54) is 41.1 Å². The van der Waals surface area contributed by atoms with Gasteiger partial charge in [0.2, 0.25) is 0 Å². The summed E-state index contributed by atoms with van der Waals surface area (Å²) in [4.78, 5) is 16.7. The molecule has 1 aliphatic rings. The quantitative estimate of drug-likeness (QED) is 0.606. The minimum Gasteiger partial charge on any atom is -0.373 e. The fourth-order valence-corrected chi connectivity index (χ4v) is 3.22. The fourth-order valence-electron chi connectivity index (χ4n) is 3.22. The van der Waals surface area contributed by atoms with Crippen LogP contribution < -0.4 is 10.2 Å². The van der Waals surface area contributed by atoms with Crippen molar-refractivity contribution in [2.24, 2.45) is 0 Å². The molecule has 3 rings (SSSR count). The minimum absolute atomic E-state index is 0. The first kappa shape index (κ1) is 22.3. The lowest BCUT2D eigenvalue weighted by atomic mass is 10.1. The van der Waals surface area contributed by atoms with Crippen molar-refractivity contribution in [3.8, 4) is 6.07 Å². The summed E-state index contributed by atoms with van der Waals surface area (Å²) in [7, 11) is 0. The van der Waals surface area contributed by atoms with Crippen LogP contribution in [0.3, 0.4) is 0 Å². The van der Waals surface area contributed by atoms with E-state index in [0.717, 1.165) is 26.2 Å². The van der Waals surface area contributed by atoms with Crippen molar-refractivity contribution in [3.05, 3.63) is 71.2 Å². The molecule has 1 saturated heterocycles. The number of hydrogen-bond acceptors (Lipinski definition) is 4. The minimum atomic E-state index is -0.494. The number of aryl methyl sites for hydroxylation is 1. The molecule has 2 aromatic carbocycles. The Kier molecular flexibility index (Phi) is 7.63. The van der Waals surface area contributed by atoms with Crippen LogP contribution in [-0.2, 0) is 4.79 Å². The van der Waals surface area contributed by atoms with Crippen LogP contribution in [0.5, 0.6) is 0 Å². The Labute approximate surface area is 176 Å². The van der Waals surface area contributed by atoms with Crippen LogP contribution in [0.2, 0.25) is 0 Å². The lowest BCUT2D eigenvalue weighted by Crippen LogP contribution is -2.44. The summed E-state index contributed by atoms with van der Waals surface area (Å²) in [5.74, 6) is -0.873. The number of piperazine rings is 1. The van der Waals surface area contributed by atoms with Crippen LogP contribution in [0.4, 0.5) is 15.8 Å². The van der Waals surface area contributed by atoms with Gasteiger partial charge in [-0.05, 0) is 55.3 Å². The fraction of sp³-hybridized carbons (Fsp3) is 0.273. The van der Waals surface area contributed by atoms with Gasteiger partial charge in [-0.3, -0.25) is 4.79 Å². The molecule has 29 heavy (non-hydrogen) atoms. The maximum absolute atomic E-state index is 13.0. The summed E-state index contributed by atoms with van der Waals surface area (Å²) in [6.45, 7) is 7.32. The van der Waals surface area contributed by atoms with E-state index < -0.39 is 5.91 Å². The van der Waals surface area contributed by atoms with Gasteiger partial charge in [0.15, 0.2) is 0 Å². The molecule has 0 spiro atoms. The molecular weight excluding hydrogens is 391 g/mol. The van der Waals surface area contributed by atoms with E-state index in [9.17, 15) is 14.4 Å². The second-order valence-corrected chi connectivity index (χ2v) is 6.86. The molecule has 1 fully saturated rings. The Bertz CT molecular complexity index is 929. The predicted molar refractivity (Wildman–Crippen MR) is 116 cm³/mol. The number of amides is 1. The second-order valence-electron chi connectivity index (χ2n) is 6.86. The molecule has 0 saturated carbocycles. The number of nitrogens with one attached hydrogen (secondary N) is 1. The maximum atomic E-state index is 13.0. The highest BCUT2D eigenvalue weighted by Crippen LogP contribution is 2.24. The molecule has 0 aromatic heterocycles. The van der Waals surface area contributed by atoms with Crippen molar-refractivity contribution in [2.45, 2.75) is 13.8 Å². The topological polar surface area (TPSA) is 59.4 Å². The smallest absolute Gasteiger partial charge is 0.267 e. The van der Waals surface area contributed by atoms with Crippen LogP contribution in [0.1, 0.15) is 11.1 Å². The molecular formula is C22H24ClFN4O. The van der Waals surface area contributed by atoms with E-state index in [-0.39, 0.29) is 23.8 Å². The number of hydrogen-bond donors (Lipinski definition) is 1. The van der Waals surface area contributed by atoms with Gasteiger partial charge in [0, 0.05) is 43.8 Å². The predicted octanol–water partition coefficient (Wildman–Crippen LogP) is 4.03. The molecule has 7 heteroatoms. The number of carbonyl (C=O) groups excluding carboxylic acids is 1. The second kappa shape index (κ2) is 9.94. The van der Waals surface area contributed by atoms with Gasteiger partial charge in [-0.1, -0.05) is 12.1 Å². The van der Waals surface area contributed by atoms with Gasteiger partial charge in [0.1, 0.15) is 17.5 Å². The Morgan fingerprint density at radius 3 is 2.38 bits per heavy atom. The largest absolute Gasteiger partial charge is 0.373 e.